The van der Waals surface area contributed by atoms with E-state index in [0.717, 1.165) is 52.9 Å². The minimum Gasteiger partial charge on any atom is -0.494 e. The van der Waals surface area contributed by atoms with Crippen molar-refractivity contribution in [1.29, 1.82) is 0 Å². The first-order valence-electron chi connectivity index (χ1n) is 9.54. The number of nitrogens with zero attached hydrogens (tertiary/aromatic N) is 1. The third-order valence-electron chi connectivity index (χ3n) is 4.75. The van der Waals surface area contributed by atoms with Gasteiger partial charge in [0.15, 0.2) is 5.16 Å². The van der Waals surface area contributed by atoms with Crippen LogP contribution in [-0.4, -0.2) is 34.1 Å². The zero-order valence-corrected chi connectivity index (χ0v) is 17.7. The summed E-state index contributed by atoms with van der Waals surface area (Å²) in [6.07, 6.45) is 3.93. The fourth-order valence-electron chi connectivity index (χ4n) is 3.50. The first-order chi connectivity index (χ1) is 14.0. The lowest BCUT2D eigenvalue weighted by Gasteiger charge is -2.11. The number of benzene rings is 1. The standard InChI is InChI=1S/C20H22N4O3S2/c1-2-27-11-7-8-13-14(9-11)23-20(22-13)28-10-16(25)24-19-17(18(21)26)12-5-3-4-6-15(12)29-19/h7-9H,2-6,10H2,1H3,(H2,21,26)(H,22,23)(H,24,25). The summed E-state index contributed by atoms with van der Waals surface area (Å²) in [6.45, 7) is 2.53. The van der Waals surface area contributed by atoms with Crippen LogP contribution < -0.4 is 15.8 Å². The van der Waals surface area contributed by atoms with Crippen LogP contribution >= 0.6 is 23.1 Å². The third-order valence-corrected chi connectivity index (χ3v) is 6.83. The van der Waals surface area contributed by atoms with Crippen molar-refractivity contribution < 1.29 is 14.3 Å². The van der Waals surface area contributed by atoms with Crippen molar-refractivity contribution in [3.05, 3.63) is 34.2 Å². The molecule has 152 valence electrons. The highest BCUT2D eigenvalue weighted by Crippen LogP contribution is 2.38. The van der Waals surface area contributed by atoms with Crippen molar-refractivity contribution in [2.75, 3.05) is 17.7 Å². The average molecular weight is 431 g/mol. The molecule has 0 spiro atoms. The maximum absolute atomic E-state index is 12.5. The molecule has 0 saturated heterocycles. The molecule has 0 fully saturated rings. The first-order valence-corrected chi connectivity index (χ1v) is 11.3. The number of aromatic nitrogens is 2. The van der Waals surface area contributed by atoms with Gasteiger partial charge in [0.1, 0.15) is 10.8 Å². The highest BCUT2D eigenvalue weighted by Gasteiger charge is 2.25. The lowest BCUT2D eigenvalue weighted by atomic mass is 9.95. The molecule has 0 bridgehead atoms. The van der Waals surface area contributed by atoms with Crippen LogP contribution in [0.3, 0.4) is 0 Å². The summed E-state index contributed by atoms with van der Waals surface area (Å²) in [6, 6.07) is 5.65. The van der Waals surface area contributed by atoms with Gasteiger partial charge in [-0.1, -0.05) is 11.8 Å². The molecule has 29 heavy (non-hydrogen) atoms. The van der Waals surface area contributed by atoms with Crippen molar-refractivity contribution in [3.8, 4) is 5.75 Å². The molecular weight excluding hydrogens is 408 g/mol. The predicted molar refractivity (Wildman–Crippen MR) is 116 cm³/mol. The van der Waals surface area contributed by atoms with Crippen molar-refractivity contribution in [1.82, 2.24) is 9.97 Å². The number of carbonyl (C=O) groups excluding carboxylic acids is 2. The Morgan fingerprint density at radius 3 is 2.97 bits per heavy atom. The minimum absolute atomic E-state index is 0.179. The van der Waals surface area contributed by atoms with E-state index in [4.69, 9.17) is 10.5 Å². The summed E-state index contributed by atoms with van der Waals surface area (Å²) >= 11 is 2.78. The Balaban J connectivity index is 1.43. The number of aromatic amines is 1. The number of nitrogens with one attached hydrogen (secondary N) is 2. The number of fused-ring (bicyclic) bond motifs is 2. The topological polar surface area (TPSA) is 110 Å². The SMILES string of the molecule is CCOc1ccc2nc(SCC(=O)Nc3sc4c(c3C(N)=O)CCCC4)[nH]c2c1. The number of nitrogens with two attached hydrogens (primary N) is 1. The molecule has 3 aromatic rings. The van der Waals surface area contributed by atoms with Gasteiger partial charge in [-0.15, -0.1) is 11.3 Å². The Morgan fingerprint density at radius 2 is 2.17 bits per heavy atom. The lowest BCUT2D eigenvalue weighted by molar-refractivity contribution is -0.113. The molecule has 4 N–H and O–H groups in total. The van der Waals surface area contributed by atoms with Gasteiger partial charge >= 0.3 is 0 Å². The molecule has 7 nitrogen and oxygen atoms in total. The Hall–Kier alpha value is -2.52. The van der Waals surface area contributed by atoms with E-state index in [1.165, 1.54) is 23.1 Å². The maximum atomic E-state index is 12.5. The molecule has 0 unspecified atom stereocenters. The Kier molecular flexibility index (Phi) is 5.77. The van der Waals surface area contributed by atoms with E-state index in [-0.39, 0.29) is 11.7 Å². The van der Waals surface area contributed by atoms with Gasteiger partial charge in [-0.25, -0.2) is 4.98 Å². The molecule has 0 atom stereocenters. The summed E-state index contributed by atoms with van der Waals surface area (Å²) in [5.41, 5.74) is 8.76. The molecule has 2 aromatic heterocycles. The number of hydrogen-bond donors (Lipinski definition) is 3. The third kappa shape index (κ3) is 4.25. The fourth-order valence-corrected chi connectivity index (χ4v) is 5.50. The van der Waals surface area contributed by atoms with Gasteiger partial charge in [0.05, 0.1) is 29.0 Å². The van der Waals surface area contributed by atoms with Crippen LogP contribution in [0.4, 0.5) is 5.00 Å². The number of carbonyl (C=O) groups is 2. The number of aryl methyl sites for hydroxylation is 1. The zero-order chi connectivity index (χ0) is 20.4. The number of rotatable bonds is 7. The van der Waals surface area contributed by atoms with Crippen LogP contribution in [0, 0.1) is 0 Å². The molecule has 1 aliphatic rings. The number of thioether (sulfide) groups is 1. The van der Waals surface area contributed by atoms with Gasteiger partial charge in [0.2, 0.25) is 5.91 Å². The molecule has 1 aliphatic carbocycles. The number of primary amides is 1. The van der Waals surface area contributed by atoms with Crippen LogP contribution in [-0.2, 0) is 17.6 Å². The molecule has 9 heteroatoms. The molecule has 0 radical (unpaired) electrons. The summed E-state index contributed by atoms with van der Waals surface area (Å²) in [7, 11) is 0. The van der Waals surface area contributed by atoms with E-state index in [0.29, 0.717) is 22.3 Å². The monoisotopic (exact) mass is 430 g/mol. The molecule has 0 saturated carbocycles. The van der Waals surface area contributed by atoms with Crippen LogP contribution in [0.5, 0.6) is 5.75 Å². The Bertz CT molecular complexity index is 1070. The second kappa shape index (κ2) is 8.46. The second-order valence-electron chi connectivity index (χ2n) is 6.77. The minimum atomic E-state index is -0.477. The van der Waals surface area contributed by atoms with Crippen molar-refractivity contribution in [2.24, 2.45) is 5.73 Å². The van der Waals surface area contributed by atoms with Crippen molar-refractivity contribution >= 4 is 50.9 Å². The second-order valence-corrected chi connectivity index (χ2v) is 8.84. The summed E-state index contributed by atoms with van der Waals surface area (Å²) in [5.74, 6) is 0.290. The molecule has 0 aliphatic heterocycles. The van der Waals surface area contributed by atoms with Gasteiger partial charge < -0.3 is 20.8 Å². The van der Waals surface area contributed by atoms with Crippen molar-refractivity contribution in [3.63, 3.8) is 0 Å². The van der Waals surface area contributed by atoms with Gasteiger partial charge in [-0.3, -0.25) is 9.59 Å². The molecular formula is C20H22N4O3S2. The molecule has 4 rings (SSSR count). The highest BCUT2D eigenvalue weighted by molar-refractivity contribution is 7.99. The van der Waals surface area contributed by atoms with E-state index in [1.807, 2.05) is 25.1 Å². The Labute approximate surface area is 176 Å². The number of anilines is 1. The van der Waals surface area contributed by atoms with Crippen molar-refractivity contribution in [2.45, 2.75) is 37.8 Å². The quantitative estimate of drug-likeness (QED) is 0.495. The molecule has 2 heterocycles. The number of ether oxygens (including phenoxy) is 1. The van der Waals surface area contributed by atoms with Gasteiger partial charge in [0.25, 0.3) is 5.91 Å². The van der Waals surface area contributed by atoms with E-state index in [9.17, 15) is 9.59 Å². The number of thiophene rings is 1. The van der Waals surface area contributed by atoms with Crippen LogP contribution in [0.2, 0.25) is 0 Å². The molecule has 2 amide bonds. The van der Waals surface area contributed by atoms with Crippen LogP contribution in [0.1, 0.15) is 40.6 Å². The number of amides is 2. The van der Waals surface area contributed by atoms with Gasteiger partial charge in [0, 0.05) is 10.9 Å². The van der Waals surface area contributed by atoms with E-state index >= 15 is 0 Å². The predicted octanol–water partition coefficient (Wildman–Crippen LogP) is 3.73. The normalized spacial score (nSPS) is 13.3. The number of imidazole rings is 1. The van der Waals surface area contributed by atoms with E-state index in [1.54, 1.807) is 0 Å². The number of H-pyrrole nitrogens is 1. The van der Waals surface area contributed by atoms with Gasteiger partial charge in [-0.2, -0.15) is 0 Å². The van der Waals surface area contributed by atoms with Crippen LogP contribution in [0.15, 0.2) is 23.4 Å². The van der Waals surface area contributed by atoms with Gasteiger partial charge in [-0.05, 0) is 50.3 Å². The first kappa shape index (κ1) is 19.8. The lowest BCUT2D eigenvalue weighted by Crippen LogP contribution is -2.19. The Morgan fingerprint density at radius 1 is 1.34 bits per heavy atom. The largest absolute Gasteiger partial charge is 0.494 e. The fraction of sp³-hybridized carbons (Fsp3) is 0.350. The number of hydrogen-bond acceptors (Lipinski definition) is 6. The smallest absolute Gasteiger partial charge is 0.251 e. The molecule has 1 aromatic carbocycles. The van der Waals surface area contributed by atoms with E-state index in [2.05, 4.69) is 15.3 Å². The average Bonchev–Trinajstić information content (AvgIpc) is 3.26. The summed E-state index contributed by atoms with van der Waals surface area (Å²) < 4.78 is 5.50. The summed E-state index contributed by atoms with van der Waals surface area (Å²) in [5, 5.41) is 4.10. The van der Waals surface area contributed by atoms with Crippen LogP contribution in [0.25, 0.3) is 11.0 Å². The zero-order valence-electron chi connectivity index (χ0n) is 16.0. The summed E-state index contributed by atoms with van der Waals surface area (Å²) in [4.78, 5) is 33.3. The van der Waals surface area contributed by atoms with E-state index < -0.39 is 5.91 Å². The maximum Gasteiger partial charge on any atom is 0.251 e. The highest BCUT2D eigenvalue weighted by atomic mass is 32.2.